The van der Waals surface area contributed by atoms with Crippen LogP contribution in [0.3, 0.4) is 0 Å². The van der Waals surface area contributed by atoms with Crippen molar-refractivity contribution in [1.29, 1.82) is 0 Å². The summed E-state index contributed by atoms with van der Waals surface area (Å²) in [7, 11) is 0. The molecule has 0 saturated carbocycles. The van der Waals surface area contributed by atoms with Crippen LogP contribution in [0.15, 0.2) is 42.9 Å². The van der Waals surface area contributed by atoms with Crippen molar-refractivity contribution in [1.82, 2.24) is 20.4 Å². The van der Waals surface area contributed by atoms with Crippen LogP contribution < -0.4 is 16.2 Å². The van der Waals surface area contributed by atoms with E-state index >= 15 is 0 Å². The molecule has 3 rings (SSSR count). The Hall–Kier alpha value is -4.60. The molecule has 1 amide bonds. The maximum Gasteiger partial charge on any atom is 0.417 e. The fraction of sp³-hybridized carbons (Fsp3) is 0.0588. The fourth-order valence-electron chi connectivity index (χ4n) is 2.48. The van der Waals surface area contributed by atoms with Gasteiger partial charge in [0.1, 0.15) is 6.33 Å². The Morgan fingerprint density at radius 2 is 1.71 bits per heavy atom. The number of aromatic nitrogens is 3. The fourth-order valence-corrected chi connectivity index (χ4v) is 2.69. The number of hydrogen-bond donors (Lipinski definition) is 3. The summed E-state index contributed by atoms with van der Waals surface area (Å²) in [5, 5.41) is 24.3. The highest BCUT2D eigenvalue weighted by atomic mass is 35.5. The number of rotatable bonds is 7. The van der Waals surface area contributed by atoms with Gasteiger partial charge < -0.3 is 5.32 Å². The average molecular weight is 499 g/mol. The molecule has 0 fully saturated rings. The molecule has 0 aliphatic carbocycles. The van der Waals surface area contributed by atoms with Crippen LogP contribution in [-0.2, 0) is 6.18 Å². The summed E-state index contributed by atoms with van der Waals surface area (Å²) in [4.78, 5) is 43.9. The minimum absolute atomic E-state index is 0.127. The van der Waals surface area contributed by atoms with E-state index < -0.39 is 49.8 Å². The van der Waals surface area contributed by atoms with Crippen molar-refractivity contribution in [2.24, 2.45) is 0 Å². The van der Waals surface area contributed by atoms with Crippen LogP contribution in [0.5, 0.6) is 0 Å². The maximum atomic E-state index is 12.8. The summed E-state index contributed by atoms with van der Waals surface area (Å²) in [6, 6.07) is 5.25. The Morgan fingerprint density at radius 1 is 1.00 bits per heavy atom. The van der Waals surface area contributed by atoms with Gasteiger partial charge in [-0.15, -0.1) is 0 Å². The molecule has 0 aliphatic heterocycles. The number of alkyl halides is 3. The number of nitrogens with zero attached hydrogens (tertiary/aromatic N) is 5. The van der Waals surface area contributed by atoms with E-state index in [4.69, 9.17) is 11.6 Å². The van der Waals surface area contributed by atoms with Gasteiger partial charge in [0.15, 0.2) is 5.82 Å². The maximum absolute atomic E-state index is 12.8. The first-order chi connectivity index (χ1) is 16.0. The van der Waals surface area contributed by atoms with Crippen LogP contribution in [0, 0.1) is 20.2 Å². The van der Waals surface area contributed by atoms with Crippen molar-refractivity contribution in [2.45, 2.75) is 6.18 Å². The molecular weight excluding hydrogens is 489 g/mol. The molecule has 0 saturated heterocycles. The number of nitrogens with one attached hydrogen (secondary N) is 3. The van der Waals surface area contributed by atoms with Gasteiger partial charge in [-0.1, -0.05) is 17.7 Å². The SMILES string of the molecule is O=C(NNc1ncnc(Nc2ncc(C(F)(F)F)cc2Cl)c1[N+](=O)[O-])c1cccc([N+](=O)[O-])c1. The Kier molecular flexibility index (Phi) is 6.71. The summed E-state index contributed by atoms with van der Waals surface area (Å²) in [6.45, 7) is 0. The van der Waals surface area contributed by atoms with Crippen molar-refractivity contribution < 1.29 is 27.8 Å². The van der Waals surface area contributed by atoms with Gasteiger partial charge in [0, 0.05) is 23.9 Å². The van der Waals surface area contributed by atoms with Gasteiger partial charge in [-0.2, -0.15) is 13.2 Å². The number of nitro groups is 2. The predicted molar refractivity (Wildman–Crippen MR) is 110 cm³/mol. The van der Waals surface area contributed by atoms with Gasteiger partial charge in [0.05, 0.1) is 20.4 Å². The van der Waals surface area contributed by atoms with Gasteiger partial charge in [-0.05, 0) is 12.1 Å². The van der Waals surface area contributed by atoms with E-state index in [0.29, 0.717) is 12.3 Å². The summed E-state index contributed by atoms with van der Waals surface area (Å²) in [5.41, 5.74) is 1.89. The third kappa shape index (κ3) is 5.41. The molecule has 3 aromatic rings. The van der Waals surface area contributed by atoms with Gasteiger partial charge in [-0.3, -0.25) is 35.9 Å². The first kappa shape index (κ1) is 24.1. The Morgan fingerprint density at radius 3 is 2.32 bits per heavy atom. The van der Waals surface area contributed by atoms with Crippen molar-refractivity contribution >= 4 is 46.3 Å². The summed E-state index contributed by atoms with van der Waals surface area (Å²) < 4.78 is 38.3. The molecule has 0 bridgehead atoms. The zero-order valence-corrected chi connectivity index (χ0v) is 17.1. The van der Waals surface area contributed by atoms with E-state index in [2.05, 4.69) is 31.1 Å². The number of halogens is 4. The standard InChI is InChI=1S/C17H10ClF3N8O5/c18-11-5-9(17(19,20)21)6-22-13(11)25-14-12(29(33)34)15(24-7-23-14)26-27-16(30)8-2-1-3-10(4-8)28(31)32/h1-7H,(H,27,30)(H2,22,23,24,25,26). The van der Waals surface area contributed by atoms with Crippen LogP contribution in [0.2, 0.25) is 5.02 Å². The number of anilines is 3. The molecule has 34 heavy (non-hydrogen) atoms. The molecule has 17 heteroatoms. The van der Waals surface area contributed by atoms with Crippen molar-refractivity contribution in [3.8, 4) is 0 Å². The van der Waals surface area contributed by atoms with E-state index in [1.54, 1.807) is 0 Å². The minimum Gasteiger partial charge on any atom is -0.318 e. The van der Waals surface area contributed by atoms with Crippen LogP contribution in [0.1, 0.15) is 15.9 Å². The van der Waals surface area contributed by atoms with Gasteiger partial charge >= 0.3 is 11.9 Å². The van der Waals surface area contributed by atoms with Crippen molar-refractivity contribution in [2.75, 3.05) is 10.7 Å². The number of amides is 1. The zero-order chi connectivity index (χ0) is 25.0. The quantitative estimate of drug-likeness (QED) is 0.320. The summed E-state index contributed by atoms with van der Waals surface area (Å²) >= 11 is 5.80. The second-order valence-electron chi connectivity index (χ2n) is 6.24. The van der Waals surface area contributed by atoms with E-state index in [-0.39, 0.29) is 17.1 Å². The Labute approximate surface area is 191 Å². The third-order valence-corrected chi connectivity index (χ3v) is 4.31. The number of pyridine rings is 1. The third-order valence-electron chi connectivity index (χ3n) is 4.02. The van der Waals surface area contributed by atoms with Gasteiger partial charge in [-0.25, -0.2) is 15.0 Å². The van der Waals surface area contributed by atoms with Crippen LogP contribution >= 0.6 is 11.6 Å². The number of benzene rings is 1. The molecule has 0 aliphatic rings. The van der Waals surface area contributed by atoms with Crippen molar-refractivity contribution in [3.05, 3.63) is 79.2 Å². The number of nitro benzene ring substituents is 1. The Balaban J connectivity index is 1.84. The topological polar surface area (TPSA) is 178 Å². The molecule has 0 radical (unpaired) electrons. The lowest BCUT2D eigenvalue weighted by Crippen LogP contribution is -2.30. The van der Waals surface area contributed by atoms with Crippen molar-refractivity contribution in [3.63, 3.8) is 0 Å². The lowest BCUT2D eigenvalue weighted by atomic mass is 10.2. The molecule has 13 nitrogen and oxygen atoms in total. The highest BCUT2D eigenvalue weighted by Crippen LogP contribution is 2.35. The van der Waals surface area contributed by atoms with Gasteiger partial charge in [0.2, 0.25) is 11.6 Å². The molecular formula is C17H10ClF3N8O5. The number of carbonyl (C=O) groups is 1. The predicted octanol–water partition coefficient (Wildman–Crippen LogP) is 3.86. The van der Waals surface area contributed by atoms with Crippen LogP contribution in [0.25, 0.3) is 0 Å². The Bertz CT molecular complexity index is 1290. The van der Waals surface area contributed by atoms with E-state index in [9.17, 15) is 38.2 Å². The van der Waals surface area contributed by atoms with E-state index in [1.807, 2.05) is 0 Å². The molecule has 2 aromatic heterocycles. The second-order valence-corrected chi connectivity index (χ2v) is 6.65. The normalized spacial score (nSPS) is 10.9. The van der Waals surface area contributed by atoms with E-state index in [1.165, 1.54) is 12.1 Å². The monoisotopic (exact) mass is 498 g/mol. The molecule has 176 valence electrons. The largest absolute Gasteiger partial charge is 0.417 e. The second kappa shape index (κ2) is 9.49. The highest BCUT2D eigenvalue weighted by molar-refractivity contribution is 6.33. The molecule has 3 N–H and O–H groups in total. The average Bonchev–Trinajstić information content (AvgIpc) is 2.78. The number of hydrazine groups is 1. The highest BCUT2D eigenvalue weighted by Gasteiger charge is 2.32. The number of non-ortho nitro benzene ring substituents is 1. The van der Waals surface area contributed by atoms with Gasteiger partial charge in [0.25, 0.3) is 11.6 Å². The first-order valence-corrected chi connectivity index (χ1v) is 9.15. The summed E-state index contributed by atoms with van der Waals surface area (Å²) in [5.74, 6) is -2.24. The molecule has 2 heterocycles. The lowest BCUT2D eigenvalue weighted by Gasteiger charge is -2.12. The number of hydrogen-bond acceptors (Lipinski definition) is 10. The zero-order valence-electron chi connectivity index (χ0n) is 16.3. The molecule has 0 spiro atoms. The number of carbonyl (C=O) groups excluding carboxylic acids is 1. The minimum atomic E-state index is -4.70. The van der Waals surface area contributed by atoms with Crippen LogP contribution in [0.4, 0.5) is 42.0 Å². The summed E-state index contributed by atoms with van der Waals surface area (Å²) in [6.07, 6.45) is -3.38. The first-order valence-electron chi connectivity index (χ1n) is 8.77. The van der Waals surface area contributed by atoms with E-state index in [0.717, 1.165) is 18.5 Å². The molecule has 0 atom stereocenters. The lowest BCUT2D eigenvalue weighted by molar-refractivity contribution is -0.384. The molecule has 1 aromatic carbocycles. The molecule has 0 unspecified atom stereocenters. The smallest absolute Gasteiger partial charge is 0.318 e. The van der Waals surface area contributed by atoms with Crippen LogP contribution in [-0.4, -0.2) is 30.7 Å².